The molecular formula is C21H16N8OS. The van der Waals surface area contributed by atoms with Crippen LogP contribution in [0.1, 0.15) is 5.69 Å². The maximum atomic E-state index is 12.2. The lowest BCUT2D eigenvalue weighted by atomic mass is 10.0. The number of nitrogen functional groups attached to an aromatic ring is 1. The average molecular weight is 428 g/mol. The summed E-state index contributed by atoms with van der Waals surface area (Å²) in [6, 6.07) is 21.1. The first-order chi connectivity index (χ1) is 15.2. The van der Waals surface area contributed by atoms with Crippen LogP contribution in [0.25, 0.3) is 28.3 Å². The highest BCUT2D eigenvalue weighted by Crippen LogP contribution is 2.30. The maximum Gasteiger partial charge on any atom is 0.274 e. The molecule has 0 atom stereocenters. The predicted octanol–water partition coefficient (Wildman–Crippen LogP) is 2.81. The molecule has 3 aromatic heterocycles. The Morgan fingerprint density at radius 1 is 0.871 bits per heavy atom. The van der Waals surface area contributed by atoms with Crippen molar-refractivity contribution >= 4 is 23.5 Å². The molecule has 5 rings (SSSR count). The lowest BCUT2D eigenvalue weighted by Gasteiger charge is -2.09. The SMILES string of the molecule is Nc1nc2nc(CSc3nnc(-c4ccccc4)c(-c4ccccc4)n3)cc(=O)n2[nH]1. The van der Waals surface area contributed by atoms with E-state index in [4.69, 9.17) is 10.7 Å². The largest absolute Gasteiger partial charge is 0.368 e. The second-order valence-electron chi connectivity index (χ2n) is 6.64. The zero-order valence-electron chi connectivity index (χ0n) is 16.1. The second kappa shape index (κ2) is 8.00. The third-order valence-corrected chi connectivity index (χ3v) is 5.38. The summed E-state index contributed by atoms with van der Waals surface area (Å²) in [6.45, 7) is 0. The van der Waals surface area contributed by atoms with Crippen LogP contribution in [0, 0.1) is 0 Å². The molecule has 31 heavy (non-hydrogen) atoms. The minimum Gasteiger partial charge on any atom is -0.368 e. The Morgan fingerprint density at radius 2 is 1.55 bits per heavy atom. The topological polar surface area (TPSA) is 128 Å². The second-order valence-corrected chi connectivity index (χ2v) is 7.58. The standard InChI is InChI=1S/C21H16N8OS/c22-19-25-20-23-15(11-16(30)29(20)28-19)12-31-21-24-17(13-7-3-1-4-8-13)18(26-27-21)14-9-5-2-6-10-14/h1-11H,12H2,(H3,22,23,25,28). The Kier molecular flexibility index (Phi) is 4.89. The number of fused-ring (bicyclic) bond motifs is 1. The van der Waals surface area contributed by atoms with Crippen molar-refractivity contribution in [3.63, 3.8) is 0 Å². The molecule has 0 unspecified atom stereocenters. The van der Waals surface area contributed by atoms with Gasteiger partial charge >= 0.3 is 0 Å². The number of nitrogens with zero attached hydrogens (tertiary/aromatic N) is 6. The summed E-state index contributed by atoms with van der Waals surface area (Å²) >= 11 is 1.35. The quantitative estimate of drug-likeness (QED) is 0.409. The first-order valence-corrected chi connectivity index (χ1v) is 10.4. The number of thioether (sulfide) groups is 1. The Balaban J connectivity index is 1.48. The van der Waals surface area contributed by atoms with E-state index < -0.39 is 0 Å². The van der Waals surface area contributed by atoms with Gasteiger partial charge in [-0.25, -0.2) is 9.97 Å². The molecule has 0 amide bonds. The maximum absolute atomic E-state index is 12.2. The third-order valence-electron chi connectivity index (χ3n) is 4.51. The molecule has 10 heteroatoms. The van der Waals surface area contributed by atoms with E-state index >= 15 is 0 Å². The molecule has 9 nitrogen and oxygen atoms in total. The molecule has 5 aromatic rings. The minimum atomic E-state index is -0.284. The lowest BCUT2D eigenvalue weighted by Crippen LogP contribution is -2.15. The number of benzene rings is 2. The molecule has 0 aliphatic rings. The summed E-state index contributed by atoms with van der Waals surface area (Å²) in [5.74, 6) is 0.744. The molecule has 3 heterocycles. The van der Waals surface area contributed by atoms with Crippen LogP contribution >= 0.6 is 11.8 Å². The number of hydrogen-bond donors (Lipinski definition) is 2. The van der Waals surface area contributed by atoms with Crippen molar-refractivity contribution in [1.29, 1.82) is 0 Å². The fourth-order valence-electron chi connectivity index (χ4n) is 3.12. The van der Waals surface area contributed by atoms with Crippen LogP contribution in [0.15, 0.2) is 76.7 Å². The fourth-order valence-corrected chi connectivity index (χ4v) is 3.80. The summed E-state index contributed by atoms with van der Waals surface area (Å²) in [5.41, 5.74) is 9.22. The van der Waals surface area contributed by atoms with Gasteiger partial charge in [0, 0.05) is 22.9 Å². The summed E-state index contributed by atoms with van der Waals surface area (Å²) in [5, 5.41) is 11.9. The Morgan fingerprint density at radius 3 is 2.26 bits per heavy atom. The van der Waals surface area contributed by atoms with Gasteiger partial charge in [-0.05, 0) is 0 Å². The summed E-state index contributed by atoms with van der Waals surface area (Å²) in [6.07, 6.45) is 0. The van der Waals surface area contributed by atoms with Crippen LogP contribution < -0.4 is 11.3 Å². The number of anilines is 1. The van der Waals surface area contributed by atoms with Crippen LogP contribution in [-0.4, -0.2) is 34.8 Å². The Bertz CT molecular complexity index is 1420. The smallest absolute Gasteiger partial charge is 0.274 e. The van der Waals surface area contributed by atoms with Crippen LogP contribution in [0.2, 0.25) is 0 Å². The van der Waals surface area contributed by atoms with Crippen LogP contribution in [0.4, 0.5) is 5.95 Å². The molecule has 0 spiro atoms. The van der Waals surface area contributed by atoms with Crippen LogP contribution in [0.5, 0.6) is 0 Å². The van der Waals surface area contributed by atoms with Crippen molar-refractivity contribution in [2.75, 3.05) is 5.73 Å². The summed E-state index contributed by atoms with van der Waals surface area (Å²) in [4.78, 5) is 25.3. The number of rotatable bonds is 5. The lowest BCUT2D eigenvalue weighted by molar-refractivity contribution is 0.848. The molecule has 2 aromatic carbocycles. The minimum absolute atomic E-state index is 0.131. The Labute approximate surface area is 180 Å². The predicted molar refractivity (Wildman–Crippen MR) is 118 cm³/mol. The highest BCUT2D eigenvalue weighted by atomic mass is 32.2. The van der Waals surface area contributed by atoms with E-state index in [9.17, 15) is 4.79 Å². The number of aromatic nitrogens is 7. The number of nitrogens with one attached hydrogen (secondary N) is 1. The van der Waals surface area contributed by atoms with Crippen molar-refractivity contribution in [2.24, 2.45) is 0 Å². The van der Waals surface area contributed by atoms with Crippen molar-refractivity contribution in [3.05, 3.63) is 82.8 Å². The van der Waals surface area contributed by atoms with Crippen LogP contribution in [0.3, 0.4) is 0 Å². The van der Waals surface area contributed by atoms with Crippen molar-refractivity contribution < 1.29 is 0 Å². The Hall–Kier alpha value is -4.05. The van der Waals surface area contributed by atoms with E-state index in [1.165, 1.54) is 22.3 Å². The summed E-state index contributed by atoms with van der Waals surface area (Å²) in [7, 11) is 0. The monoisotopic (exact) mass is 428 g/mol. The molecule has 152 valence electrons. The van der Waals surface area contributed by atoms with E-state index in [0.717, 1.165) is 16.8 Å². The zero-order valence-corrected chi connectivity index (χ0v) is 17.0. The van der Waals surface area contributed by atoms with E-state index in [2.05, 4.69) is 25.3 Å². The zero-order chi connectivity index (χ0) is 21.2. The molecule has 0 aliphatic heterocycles. The van der Waals surface area contributed by atoms with Gasteiger partial charge in [-0.3, -0.25) is 9.89 Å². The van der Waals surface area contributed by atoms with Gasteiger partial charge in [-0.15, -0.1) is 10.2 Å². The van der Waals surface area contributed by atoms with Crippen molar-refractivity contribution in [1.82, 2.24) is 34.8 Å². The van der Waals surface area contributed by atoms with Gasteiger partial charge in [0.25, 0.3) is 11.3 Å². The molecule has 0 fully saturated rings. The molecule has 0 saturated carbocycles. The van der Waals surface area contributed by atoms with Gasteiger partial charge in [0.2, 0.25) is 11.1 Å². The van der Waals surface area contributed by atoms with E-state index in [0.29, 0.717) is 22.3 Å². The number of H-pyrrole nitrogens is 1. The molecule has 0 bridgehead atoms. The van der Waals surface area contributed by atoms with Crippen LogP contribution in [-0.2, 0) is 5.75 Å². The molecule has 0 saturated heterocycles. The molecule has 0 aliphatic carbocycles. The molecular weight excluding hydrogens is 412 g/mol. The van der Waals surface area contributed by atoms with Crippen molar-refractivity contribution in [2.45, 2.75) is 10.9 Å². The summed E-state index contributed by atoms with van der Waals surface area (Å²) < 4.78 is 1.20. The first kappa shape index (κ1) is 18.9. The highest BCUT2D eigenvalue weighted by molar-refractivity contribution is 7.98. The van der Waals surface area contributed by atoms with Gasteiger partial charge in [-0.2, -0.15) is 9.50 Å². The van der Waals surface area contributed by atoms with Crippen molar-refractivity contribution in [3.8, 4) is 22.5 Å². The average Bonchev–Trinajstić information content (AvgIpc) is 3.19. The number of hydrogen-bond acceptors (Lipinski definition) is 8. The third kappa shape index (κ3) is 3.88. The van der Waals surface area contributed by atoms with Gasteiger partial charge in [0.1, 0.15) is 11.4 Å². The molecule has 3 N–H and O–H groups in total. The molecule has 0 radical (unpaired) electrons. The first-order valence-electron chi connectivity index (χ1n) is 9.40. The fraction of sp³-hybridized carbons (Fsp3) is 0.0476. The highest BCUT2D eigenvalue weighted by Gasteiger charge is 2.14. The number of aromatic amines is 1. The van der Waals surface area contributed by atoms with Gasteiger partial charge in [0.05, 0.1) is 5.69 Å². The van der Waals surface area contributed by atoms with E-state index in [-0.39, 0.29) is 17.3 Å². The van der Waals surface area contributed by atoms with Gasteiger partial charge in [0.15, 0.2) is 0 Å². The van der Waals surface area contributed by atoms with E-state index in [1.807, 2.05) is 60.7 Å². The van der Waals surface area contributed by atoms with Gasteiger partial charge in [-0.1, -0.05) is 72.4 Å². The normalized spacial score (nSPS) is 11.1. The number of nitrogens with two attached hydrogens (primary N) is 1. The van der Waals surface area contributed by atoms with E-state index in [1.54, 1.807) is 0 Å². The van der Waals surface area contributed by atoms with Gasteiger partial charge < -0.3 is 5.73 Å².